The first kappa shape index (κ1) is 18.9. The average molecular weight is 386 g/mol. The molecule has 1 N–H and O–H groups in total. The Balaban J connectivity index is 2.38. The zero-order valence-corrected chi connectivity index (χ0v) is 17.1. The highest BCUT2D eigenvalue weighted by Crippen LogP contribution is 2.45. The van der Waals surface area contributed by atoms with E-state index >= 15 is 0 Å². The van der Waals surface area contributed by atoms with Gasteiger partial charge in [-0.3, -0.25) is 4.79 Å². The van der Waals surface area contributed by atoms with Crippen LogP contribution in [0, 0.1) is 34.6 Å². The van der Waals surface area contributed by atoms with Crippen LogP contribution < -0.4 is 5.43 Å². The Morgan fingerprint density at radius 1 is 0.862 bits per heavy atom. The Kier molecular flexibility index (Phi) is 4.30. The lowest BCUT2D eigenvalue weighted by atomic mass is 9.85. The number of carboxylic acids is 1. The van der Waals surface area contributed by atoms with Crippen LogP contribution in [0.25, 0.3) is 33.4 Å². The molecule has 0 aromatic heterocycles. The van der Waals surface area contributed by atoms with Crippen molar-refractivity contribution >= 4 is 16.9 Å². The van der Waals surface area contributed by atoms with Crippen molar-refractivity contribution in [1.82, 2.24) is 0 Å². The molecule has 2 aromatic rings. The lowest BCUT2D eigenvalue weighted by Gasteiger charge is -2.22. The van der Waals surface area contributed by atoms with Crippen molar-refractivity contribution < 1.29 is 14.3 Å². The summed E-state index contributed by atoms with van der Waals surface area (Å²) in [5.41, 5.74) is 7.42. The van der Waals surface area contributed by atoms with Gasteiger partial charge >= 0.3 is 5.97 Å². The molecule has 4 rings (SSSR count). The van der Waals surface area contributed by atoms with Crippen LogP contribution in [0.2, 0.25) is 0 Å². The first-order chi connectivity index (χ1) is 13.7. The number of hydrogen-bond acceptors (Lipinski definition) is 3. The molecule has 0 saturated heterocycles. The van der Waals surface area contributed by atoms with Gasteiger partial charge in [0.25, 0.3) is 0 Å². The van der Waals surface area contributed by atoms with E-state index in [1.807, 2.05) is 39.8 Å². The molecule has 0 bridgehead atoms. The fourth-order valence-corrected chi connectivity index (χ4v) is 4.17. The van der Waals surface area contributed by atoms with Gasteiger partial charge in [-0.1, -0.05) is 24.3 Å². The van der Waals surface area contributed by atoms with Crippen LogP contribution in [0.5, 0.6) is 0 Å². The number of aromatic carboxylic acids is 1. The minimum atomic E-state index is -0.987. The molecule has 0 amide bonds. The van der Waals surface area contributed by atoms with Crippen molar-refractivity contribution in [3.05, 3.63) is 80.0 Å². The molecule has 1 aliphatic carbocycles. The van der Waals surface area contributed by atoms with E-state index in [9.17, 15) is 14.7 Å². The van der Waals surface area contributed by atoms with Gasteiger partial charge in [-0.15, -0.1) is 0 Å². The van der Waals surface area contributed by atoms with Crippen molar-refractivity contribution in [2.24, 2.45) is 0 Å². The maximum atomic E-state index is 12.5. The maximum Gasteiger partial charge on any atom is 0.336 e. The van der Waals surface area contributed by atoms with Crippen molar-refractivity contribution in [3.63, 3.8) is 0 Å². The number of benzene rings is 3. The van der Waals surface area contributed by atoms with E-state index in [0.29, 0.717) is 22.5 Å². The van der Waals surface area contributed by atoms with Gasteiger partial charge in [-0.2, -0.15) is 0 Å². The second kappa shape index (κ2) is 6.59. The second-order valence-electron chi connectivity index (χ2n) is 7.69. The molecular weight excluding hydrogens is 364 g/mol. The normalized spacial score (nSPS) is 11.3. The van der Waals surface area contributed by atoms with Crippen LogP contribution in [0.3, 0.4) is 0 Å². The molecule has 0 fully saturated rings. The summed E-state index contributed by atoms with van der Waals surface area (Å²) in [4.78, 5) is 24.5. The zero-order valence-electron chi connectivity index (χ0n) is 17.1. The van der Waals surface area contributed by atoms with Gasteiger partial charge in [-0.25, -0.2) is 4.79 Å². The Bertz CT molecular complexity index is 1340. The molecule has 2 aliphatic rings. The third-order valence-corrected chi connectivity index (χ3v) is 5.80. The number of carboxylic acid groups (broad SMARTS) is 1. The topological polar surface area (TPSA) is 67.5 Å². The highest BCUT2D eigenvalue weighted by molar-refractivity contribution is 6.09. The van der Waals surface area contributed by atoms with E-state index in [1.54, 1.807) is 25.1 Å². The molecule has 2 aromatic carbocycles. The smallest absolute Gasteiger partial charge is 0.336 e. The highest BCUT2D eigenvalue weighted by atomic mass is 16.4. The molecule has 0 spiro atoms. The summed E-state index contributed by atoms with van der Waals surface area (Å²) < 4.78 is 6.35. The summed E-state index contributed by atoms with van der Waals surface area (Å²) in [6.07, 6.45) is 0. The van der Waals surface area contributed by atoms with Crippen LogP contribution >= 0.6 is 0 Å². The van der Waals surface area contributed by atoms with E-state index in [-0.39, 0.29) is 11.0 Å². The molecule has 0 radical (unpaired) electrons. The second-order valence-corrected chi connectivity index (χ2v) is 7.69. The largest absolute Gasteiger partial charge is 0.478 e. The third kappa shape index (κ3) is 2.75. The molecule has 146 valence electrons. The number of carbonyl (C=O) groups is 1. The van der Waals surface area contributed by atoms with Crippen LogP contribution in [0.1, 0.15) is 38.2 Å². The molecule has 4 heteroatoms. The maximum absolute atomic E-state index is 12.5. The Morgan fingerprint density at radius 2 is 1.55 bits per heavy atom. The van der Waals surface area contributed by atoms with Gasteiger partial charge in [0.1, 0.15) is 11.3 Å². The minimum Gasteiger partial charge on any atom is -0.478 e. The van der Waals surface area contributed by atoms with E-state index in [0.717, 1.165) is 38.8 Å². The summed E-state index contributed by atoms with van der Waals surface area (Å²) in [6, 6.07) is 10.7. The standard InChI is InChI=1S/C25H22O4/c1-12-10-13(2)20-22(17-8-6-7-9-18(17)25(27)28)21-14(3)11-19(26)16(5)24(21)29-23(20)15(12)4/h6-11H,1-5H3,(H,27,28). The molecule has 0 saturated carbocycles. The fourth-order valence-electron chi connectivity index (χ4n) is 4.17. The predicted octanol–water partition coefficient (Wildman–Crippen LogP) is 5.81. The van der Waals surface area contributed by atoms with Crippen molar-refractivity contribution in [1.29, 1.82) is 0 Å². The number of rotatable bonds is 2. The first-order valence-electron chi connectivity index (χ1n) is 9.52. The molecule has 1 heterocycles. The van der Waals surface area contributed by atoms with Gasteiger partial charge in [0.15, 0.2) is 5.43 Å². The van der Waals surface area contributed by atoms with Crippen molar-refractivity contribution in [2.45, 2.75) is 34.6 Å². The van der Waals surface area contributed by atoms with E-state index in [2.05, 4.69) is 6.07 Å². The van der Waals surface area contributed by atoms with Gasteiger partial charge in [-0.05, 0) is 74.6 Å². The lowest BCUT2D eigenvalue weighted by molar-refractivity contribution is 0.0697. The molecule has 4 nitrogen and oxygen atoms in total. The zero-order chi connectivity index (χ0) is 21.0. The third-order valence-electron chi connectivity index (χ3n) is 5.80. The number of aryl methyl sites for hydroxylation is 4. The van der Waals surface area contributed by atoms with Gasteiger partial charge < -0.3 is 9.52 Å². The molecular formula is C25H22O4. The Labute approximate surface area is 168 Å². The summed E-state index contributed by atoms with van der Waals surface area (Å²) >= 11 is 0. The number of fused-ring (bicyclic) bond motifs is 2. The Hall–Kier alpha value is -3.40. The monoisotopic (exact) mass is 386 g/mol. The summed E-state index contributed by atoms with van der Waals surface area (Å²) in [7, 11) is 0. The van der Waals surface area contributed by atoms with Crippen LogP contribution in [-0.4, -0.2) is 11.1 Å². The minimum absolute atomic E-state index is 0.0856. The van der Waals surface area contributed by atoms with Crippen molar-refractivity contribution in [2.75, 3.05) is 0 Å². The van der Waals surface area contributed by atoms with E-state index in [4.69, 9.17) is 4.42 Å². The number of hydrogen-bond donors (Lipinski definition) is 1. The fraction of sp³-hybridized carbons (Fsp3) is 0.200. The quantitative estimate of drug-likeness (QED) is 0.442. The Morgan fingerprint density at radius 3 is 2.24 bits per heavy atom. The van der Waals surface area contributed by atoms with Gasteiger partial charge in [0.05, 0.1) is 5.56 Å². The highest BCUT2D eigenvalue weighted by Gasteiger charge is 2.26. The summed E-state index contributed by atoms with van der Waals surface area (Å²) in [6.45, 7) is 9.64. The van der Waals surface area contributed by atoms with Crippen molar-refractivity contribution in [3.8, 4) is 22.5 Å². The van der Waals surface area contributed by atoms with E-state index in [1.165, 1.54) is 0 Å². The summed E-state index contributed by atoms with van der Waals surface area (Å²) in [5.74, 6) is -0.468. The SMILES string of the molecule is Cc1cc(=O)c(C)c2oc3c(C)c(C)cc(C)c3c(-c3ccccc3C(=O)O)c1-2. The van der Waals surface area contributed by atoms with Gasteiger partial charge in [0, 0.05) is 22.1 Å². The van der Waals surface area contributed by atoms with Crippen LogP contribution in [0.15, 0.2) is 45.6 Å². The molecule has 29 heavy (non-hydrogen) atoms. The molecule has 0 atom stereocenters. The molecule has 1 aliphatic heterocycles. The first-order valence-corrected chi connectivity index (χ1v) is 9.52. The lowest BCUT2D eigenvalue weighted by Crippen LogP contribution is -2.10. The average Bonchev–Trinajstić information content (AvgIpc) is 2.68. The van der Waals surface area contributed by atoms with Crippen LogP contribution in [-0.2, 0) is 0 Å². The van der Waals surface area contributed by atoms with Gasteiger partial charge in [0.2, 0.25) is 0 Å². The van der Waals surface area contributed by atoms with Crippen LogP contribution in [0.4, 0.5) is 0 Å². The van der Waals surface area contributed by atoms with E-state index < -0.39 is 5.97 Å². The summed E-state index contributed by atoms with van der Waals surface area (Å²) in [5, 5.41) is 10.7. The predicted molar refractivity (Wildman–Crippen MR) is 115 cm³/mol. The molecule has 0 unspecified atom stereocenters.